The molecule has 1 aromatic heterocycles. The van der Waals surface area contributed by atoms with Gasteiger partial charge in [-0.3, -0.25) is 4.57 Å². The summed E-state index contributed by atoms with van der Waals surface area (Å²) in [4.78, 5) is 28.7. The van der Waals surface area contributed by atoms with Gasteiger partial charge >= 0.3 is 11.7 Å². The van der Waals surface area contributed by atoms with Crippen LogP contribution in [-0.2, 0) is 6.54 Å². The van der Waals surface area contributed by atoms with E-state index < -0.39 is 5.97 Å². The Labute approximate surface area is 201 Å². The molecule has 0 saturated heterocycles. The van der Waals surface area contributed by atoms with Crippen molar-refractivity contribution < 1.29 is 9.90 Å². The number of carboxylic acid groups (broad SMARTS) is 1. The van der Waals surface area contributed by atoms with Gasteiger partial charge in [-0.1, -0.05) is 72.8 Å². The Morgan fingerprint density at radius 3 is 2.21 bits per heavy atom. The van der Waals surface area contributed by atoms with E-state index in [1.54, 1.807) is 22.8 Å². The molecule has 0 unspecified atom stereocenters. The molecule has 34 heavy (non-hydrogen) atoms. The average Bonchev–Trinajstić information content (AvgIpc) is 3.02. The van der Waals surface area contributed by atoms with Crippen LogP contribution in [0.1, 0.15) is 49.7 Å². The number of benzene rings is 3. The highest BCUT2D eigenvalue weighted by Crippen LogP contribution is 2.41. The van der Waals surface area contributed by atoms with E-state index >= 15 is 0 Å². The molecule has 6 heteroatoms. The van der Waals surface area contributed by atoms with Crippen molar-refractivity contribution in [3.8, 4) is 0 Å². The summed E-state index contributed by atoms with van der Waals surface area (Å²) in [5.41, 5.74) is 6.07. The van der Waals surface area contributed by atoms with Crippen LogP contribution in [0.4, 0.5) is 0 Å². The van der Waals surface area contributed by atoms with E-state index in [-0.39, 0.29) is 23.7 Å². The van der Waals surface area contributed by atoms with Crippen molar-refractivity contribution in [2.45, 2.75) is 17.5 Å². The maximum Gasteiger partial charge on any atom is 0.348 e. The average molecular weight is 467 g/mol. The molecule has 1 heterocycles. The number of hydrogen-bond donors (Lipinski definition) is 1. The highest BCUT2D eigenvalue weighted by atomic mass is 32.2. The van der Waals surface area contributed by atoms with Gasteiger partial charge in [0.25, 0.3) is 0 Å². The molecule has 0 fully saturated rings. The SMILES string of the molecule is CSc1nc(=O)n(Cc2cccc(C(=O)O)c2)cc1C1c2ccccc2C=Cc2ccccc21. The van der Waals surface area contributed by atoms with Crippen LogP contribution in [0.5, 0.6) is 0 Å². The monoisotopic (exact) mass is 466 g/mol. The second kappa shape index (κ2) is 9.15. The van der Waals surface area contributed by atoms with Crippen molar-refractivity contribution in [2.75, 3.05) is 6.26 Å². The van der Waals surface area contributed by atoms with Crippen molar-refractivity contribution in [2.24, 2.45) is 0 Å². The Hall–Kier alpha value is -3.90. The molecule has 1 N–H and O–H groups in total. The van der Waals surface area contributed by atoms with Crippen LogP contribution in [0.2, 0.25) is 0 Å². The Morgan fingerprint density at radius 2 is 1.59 bits per heavy atom. The minimum atomic E-state index is -0.995. The molecule has 0 amide bonds. The third kappa shape index (κ3) is 4.08. The van der Waals surface area contributed by atoms with Gasteiger partial charge in [0, 0.05) is 17.7 Å². The third-order valence-electron chi connectivity index (χ3n) is 6.07. The summed E-state index contributed by atoms with van der Waals surface area (Å²) in [6.07, 6.45) is 8.08. The maximum absolute atomic E-state index is 12.9. The van der Waals surface area contributed by atoms with E-state index in [0.717, 1.165) is 33.4 Å². The lowest BCUT2D eigenvalue weighted by molar-refractivity contribution is 0.0696. The van der Waals surface area contributed by atoms with E-state index in [1.165, 1.54) is 11.8 Å². The molecular weight excluding hydrogens is 444 g/mol. The number of nitrogens with zero attached hydrogens (tertiary/aromatic N) is 2. The lowest BCUT2D eigenvalue weighted by atomic mass is 9.83. The highest BCUT2D eigenvalue weighted by Gasteiger charge is 2.26. The third-order valence-corrected chi connectivity index (χ3v) is 6.79. The molecule has 0 atom stereocenters. The van der Waals surface area contributed by atoms with Crippen LogP contribution in [-0.4, -0.2) is 26.9 Å². The number of hydrogen-bond acceptors (Lipinski definition) is 4. The zero-order chi connectivity index (χ0) is 23.7. The fourth-order valence-electron chi connectivity index (χ4n) is 4.50. The van der Waals surface area contributed by atoms with Crippen molar-refractivity contribution >= 4 is 29.9 Å². The summed E-state index contributed by atoms with van der Waals surface area (Å²) < 4.78 is 1.57. The summed E-state index contributed by atoms with van der Waals surface area (Å²) in [6, 6.07) is 23.2. The van der Waals surface area contributed by atoms with E-state index in [9.17, 15) is 14.7 Å². The van der Waals surface area contributed by atoms with Crippen LogP contribution >= 0.6 is 11.8 Å². The number of rotatable bonds is 5. The zero-order valence-corrected chi connectivity index (χ0v) is 19.3. The van der Waals surface area contributed by atoms with Crippen LogP contribution in [0.15, 0.2) is 88.8 Å². The number of carbonyl (C=O) groups is 1. The standard InChI is InChI=1S/C28H22N2O3S/c1-34-26-24(17-30(28(33)29-26)16-18-7-6-10-21(15-18)27(31)32)25-22-11-4-2-8-19(22)13-14-20-9-3-5-12-23(20)25/h2-15,17,25H,16H2,1H3,(H,31,32). The molecule has 0 radical (unpaired) electrons. The normalized spacial score (nSPS) is 12.6. The molecule has 5 nitrogen and oxygen atoms in total. The summed E-state index contributed by atoms with van der Waals surface area (Å²) in [7, 11) is 0. The van der Waals surface area contributed by atoms with Gasteiger partial charge in [0.05, 0.1) is 12.1 Å². The first-order chi connectivity index (χ1) is 16.5. The fourth-order valence-corrected chi connectivity index (χ4v) is 5.08. The number of fused-ring (bicyclic) bond motifs is 2. The topological polar surface area (TPSA) is 72.2 Å². The first-order valence-corrected chi connectivity index (χ1v) is 12.1. The van der Waals surface area contributed by atoms with E-state index in [4.69, 9.17) is 0 Å². The van der Waals surface area contributed by atoms with Gasteiger partial charge in [-0.15, -0.1) is 11.8 Å². The summed E-state index contributed by atoms with van der Waals surface area (Å²) in [6.45, 7) is 0.239. The predicted molar refractivity (Wildman–Crippen MR) is 136 cm³/mol. The Morgan fingerprint density at radius 1 is 0.941 bits per heavy atom. The second-order valence-corrected chi connectivity index (χ2v) is 8.94. The minimum absolute atomic E-state index is 0.102. The Kier molecular flexibility index (Phi) is 5.90. The Balaban J connectivity index is 1.69. The highest BCUT2D eigenvalue weighted by molar-refractivity contribution is 7.98. The molecule has 0 bridgehead atoms. The lowest BCUT2D eigenvalue weighted by Gasteiger charge is -2.23. The molecule has 3 aromatic carbocycles. The lowest BCUT2D eigenvalue weighted by Crippen LogP contribution is -2.26. The zero-order valence-electron chi connectivity index (χ0n) is 18.5. The largest absolute Gasteiger partial charge is 0.478 e. The Bertz CT molecular complexity index is 1440. The second-order valence-electron chi connectivity index (χ2n) is 8.15. The van der Waals surface area contributed by atoms with Crippen LogP contribution in [0.25, 0.3) is 12.2 Å². The van der Waals surface area contributed by atoms with E-state index in [2.05, 4.69) is 41.4 Å². The first-order valence-electron chi connectivity index (χ1n) is 10.9. The van der Waals surface area contributed by atoms with Crippen molar-refractivity contribution in [3.63, 3.8) is 0 Å². The summed E-state index contributed by atoms with van der Waals surface area (Å²) in [5, 5.41) is 10.0. The molecule has 0 aliphatic heterocycles. The molecule has 0 saturated carbocycles. The van der Waals surface area contributed by atoms with Crippen LogP contribution in [0.3, 0.4) is 0 Å². The number of carboxylic acids is 1. The fraction of sp³-hybridized carbons (Fsp3) is 0.107. The van der Waals surface area contributed by atoms with Crippen LogP contribution in [0, 0.1) is 0 Å². The predicted octanol–water partition coefficient (Wildman–Crippen LogP) is 5.38. The molecular formula is C28H22N2O3S. The molecule has 168 valence electrons. The van der Waals surface area contributed by atoms with Gasteiger partial charge in [-0.2, -0.15) is 4.98 Å². The number of aromatic carboxylic acids is 1. The molecule has 5 rings (SSSR count). The number of aromatic nitrogens is 2. The van der Waals surface area contributed by atoms with Gasteiger partial charge in [0.15, 0.2) is 0 Å². The smallest absolute Gasteiger partial charge is 0.348 e. The quantitative estimate of drug-likeness (QED) is 0.278. The summed E-state index contributed by atoms with van der Waals surface area (Å²) in [5.74, 6) is -1.10. The van der Waals surface area contributed by atoms with Gasteiger partial charge in [0.2, 0.25) is 0 Å². The van der Waals surface area contributed by atoms with Gasteiger partial charge in [-0.25, -0.2) is 9.59 Å². The van der Waals surface area contributed by atoms with Crippen molar-refractivity contribution in [1.29, 1.82) is 0 Å². The molecule has 0 spiro atoms. The van der Waals surface area contributed by atoms with E-state index in [1.807, 2.05) is 42.8 Å². The van der Waals surface area contributed by atoms with Crippen LogP contribution < -0.4 is 5.69 Å². The van der Waals surface area contributed by atoms with Gasteiger partial charge in [-0.05, 0) is 46.2 Å². The molecule has 1 aliphatic carbocycles. The van der Waals surface area contributed by atoms with Gasteiger partial charge in [0.1, 0.15) is 5.03 Å². The number of thioether (sulfide) groups is 1. The maximum atomic E-state index is 12.9. The molecule has 1 aliphatic rings. The van der Waals surface area contributed by atoms with Crippen molar-refractivity contribution in [1.82, 2.24) is 9.55 Å². The first kappa shape index (κ1) is 21.9. The van der Waals surface area contributed by atoms with E-state index in [0.29, 0.717) is 5.03 Å². The van der Waals surface area contributed by atoms with Gasteiger partial charge < -0.3 is 5.11 Å². The minimum Gasteiger partial charge on any atom is -0.478 e. The molecule has 4 aromatic rings. The summed E-state index contributed by atoms with van der Waals surface area (Å²) >= 11 is 1.46. The van der Waals surface area contributed by atoms with Crippen molar-refractivity contribution in [3.05, 3.63) is 128 Å².